The zero-order valence-corrected chi connectivity index (χ0v) is 9.09. The minimum atomic E-state index is -5.25. The van der Waals surface area contributed by atoms with Crippen LogP contribution in [0.5, 0.6) is 0 Å². The first-order chi connectivity index (χ1) is 7.67. The van der Waals surface area contributed by atoms with Crippen molar-refractivity contribution in [1.82, 2.24) is 0 Å². The highest BCUT2D eigenvalue weighted by molar-refractivity contribution is 6.30. The lowest BCUT2D eigenvalue weighted by molar-refractivity contribution is -0.259. The van der Waals surface area contributed by atoms with Crippen molar-refractivity contribution < 1.29 is 28.2 Å². The fourth-order valence-corrected chi connectivity index (χ4v) is 1.32. The van der Waals surface area contributed by atoms with E-state index in [4.69, 9.17) is 16.7 Å². The van der Waals surface area contributed by atoms with Crippen LogP contribution in [0.25, 0.3) is 0 Å². The number of carboxylic acid groups (broad SMARTS) is 1. The zero-order chi connectivity index (χ0) is 13.3. The summed E-state index contributed by atoms with van der Waals surface area (Å²) in [4.78, 5) is 10.5. The molecule has 17 heavy (non-hydrogen) atoms. The summed E-state index contributed by atoms with van der Waals surface area (Å²) in [6.07, 6.45) is -6.32. The molecule has 3 nitrogen and oxygen atoms in total. The first kappa shape index (κ1) is 13.8. The molecule has 0 aliphatic carbocycles. The van der Waals surface area contributed by atoms with Crippen LogP contribution in [0.3, 0.4) is 0 Å². The van der Waals surface area contributed by atoms with Crippen molar-refractivity contribution in [3.63, 3.8) is 0 Å². The Labute approximate surface area is 99.4 Å². The molecule has 0 aliphatic heterocycles. The van der Waals surface area contributed by atoms with Crippen molar-refractivity contribution in [1.29, 1.82) is 0 Å². The SMILES string of the molecule is O=C(O)C(O)(Cc1ccc(Cl)cc1)C(F)(F)F. The van der Waals surface area contributed by atoms with Gasteiger partial charge in [0.2, 0.25) is 0 Å². The number of benzene rings is 1. The Morgan fingerprint density at radius 3 is 2.06 bits per heavy atom. The van der Waals surface area contributed by atoms with Gasteiger partial charge in [-0.05, 0) is 17.7 Å². The molecule has 0 aliphatic rings. The van der Waals surface area contributed by atoms with E-state index >= 15 is 0 Å². The second-order valence-corrected chi connectivity index (χ2v) is 3.90. The zero-order valence-electron chi connectivity index (χ0n) is 8.33. The fraction of sp³-hybridized carbons (Fsp3) is 0.300. The molecule has 1 unspecified atom stereocenters. The van der Waals surface area contributed by atoms with E-state index in [0.717, 1.165) is 0 Å². The first-order valence-corrected chi connectivity index (χ1v) is 4.81. The lowest BCUT2D eigenvalue weighted by Gasteiger charge is -2.26. The van der Waals surface area contributed by atoms with E-state index in [-0.39, 0.29) is 5.56 Å². The van der Waals surface area contributed by atoms with E-state index in [1.54, 1.807) is 0 Å². The van der Waals surface area contributed by atoms with Gasteiger partial charge in [0.1, 0.15) is 0 Å². The third-order valence-corrected chi connectivity index (χ3v) is 2.45. The summed E-state index contributed by atoms with van der Waals surface area (Å²) < 4.78 is 37.4. The number of carboxylic acids is 1. The predicted molar refractivity (Wildman–Crippen MR) is 53.8 cm³/mol. The summed E-state index contributed by atoms with van der Waals surface area (Å²) in [6.45, 7) is 0. The van der Waals surface area contributed by atoms with Crippen LogP contribution >= 0.6 is 11.6 Å². The average molecular weight is 269 g/mol. The number of rotatable bonds is 3. The van der Waals surface area contributed by atoms with E-state index in [1.165, 1.54) is 24.3 Å². The monoisotopic (exact) mass is 268 g/mol. The molecule has 1 rings (SSSR count). The summed E-state index contributed by atoms with van der Waals surface area (Å²) in [5.74, 6) is -2.33. The molecule has 1 aromatic carbocycles. The van der Waals surface area contributed by atoms with Crippen LogP contribution in [0, 0.1) is 0 Å². The highest BCUT2D eigenvalue weighted by atomic mass is 35.5. The van der Waals surface area contributed by atoms with Gasteiger partial charge < -0.3 is 10.2 Å². The summed E-state index contributed by atoms with van der Waals surface area (Å²) in [6, 6.07) is 5.08. The molecule has 7 heteroatoms. The van der Waals surface area contributed by atoms with Crippen LogP contribution in [0.15, 0.2) is 24.3 Å². The third kappa shape index (κ3) is 2.89. The van der Waals surface area contributed by atoms with E-state index < -0.39 is 24.2 Å². The molecule has 2 N–H and O–H groups in total. The smallest absolute Gasteiger partial charge is 0.428 e. The Balaban J connectivity index is 3.04. The number of hydrogen-bond donors (Lipinski definition) is 2. The average Bonchev–Trinajstić information content (AvgIpc) is 2.19. The minimum absolute atomic E-state index is 0.0247. The Kier molecular flexibility index (Phi) is 3.68. The maximum Gasteiger partial charge on any atom is 0.428 e. The summed E-state index contributed by atoms with van der Waals surface area (Å²) in [5, 5.41) is 18.0. The number of aliphatic hydroxyl groups is 1. The molecule has 0 spiro atoms. The molecule has 0 fully saturated rings. The van der Waals surface area contributed by atoms with Gasteiger partial charge >= 0.3 is 12.1 Å². The number of hydrogen-bond acceptors (Lipinski definition) is 2. The molecule has 0 saturated heterocycles. The largest absolute Gasteiger partial charge is 0.479 e. The molecule has 94 valence electrons. The van der Waals surface area contributed by atoms with Gasteiger partial charge in [0.15, 0.2) is 0 Å². The molecule has 0 radical (unpaired) electrons. The molecule has 0 aromatic heterocycles. The van der Waals surface area contributed by atoms with Crippen LogP contribution in [-0.2, 0) is 11.2 Å². The molecule has 1 atom stereocenters. The predicted octanol–water partition coefficient (Wildman–Crippen LogP) is 2.26. The van der Waals surface area contributed by atoms with Crippen molar-refractivity contribution in [2.75, 3.05) is 0 Å². The van der Waals surface area contributed by atoms with Gasteiger partial charge in [-0.1, -0.05) is 23.7 Å². The number of aliphatic carboxylic acids is 1. The van der Waals surface area contributed by atoms with Crippen LogP contribution < -0.4 is 0 Å². The molecule has 1 aromatic rings. The Morgan fingerprint density at radius 2 is 1.71 bits per heavy atom. The standard InChI is InChI=1S/C10H8ClF3O3/c11-7-3-1-6(2-4-7)5-9(17,8(15)16)10(12,13)14/h1-4,17H,5H2,(H,15,16). The number of alkyl halides is 3. The lowest BCUT2D eigenvalue weighted by Crippen LogP contribution is -2.53. The maximum atomic E-state index is 12.5. The van der Waals surface area contributed by atoms with Crippen molar-refractivity contribution in [3.05, 3.63) is 34.9 Å². The molecule has 0 amide bonds. The highest BCUT2D eigenvalue weighted by Crippen LogP contribution is 2.33. The summed E-state index contributed by atoms with van der Waals surface area (Å²) in [7, 11) is 0. The van der Waals surface area contributed by atoms with Gasteiger partial charge in [0, 0.05) is 11.4 Å². The highest BCUT2D eigenvalue weighted by Gasteiger charge is 2.59. The number of carbonyl (C=O) groups is 1. The molecule has 0 heterocycles. The fourth-order valence-electron chi connectivity index (χ4n) is 1.19. The van der Waals surface area contributed by atoms with Crippen LogP contribution in [0.2, 0.25) is 5.02 Å². The van der Waals surface area contributed by atoms with Crippen LogP contribution in [0.1, 0.15) is 5.56 Å². The minimum Gasteiger partial charge on any atom is -0.479 e. The van der Waals surface area contributed by atoms with E-state index in [2.05, 4.69) is 0 Å². The van der Waals surface area contributed by atoms with E-state index in [9.17, 15) is 23.1 Å². The van der Waals surface area contributed by atoms with Gasteiger partial charge in [0.05, 0.1) is 0 Å². The van der Waals surface area contributed by atoms with Gasteiger partial charge in [-0.2, -0.15) is 13.2 Å². The van der Waals surface area contributed by atoms with E-state index in [0.29, 0.717) is 5.02 Å². The third-order valence-electron chi connectivity index (χ3n) is 2.20. The Morgan fingerprint density at radius 1 is 1.24 bits per heavy atom. The normalized spacial score (nSPS) is 15.4. The van der Waals surface area contributed by atoms with Gasteiger partial charge in [0.25, 0.3) is 5.60 Å². The van der Waals surface area contributed by atoms with Gasteiger partial charge in [-0.15, -0.1) is 0 Å². The van der Waals surface area contributed by atoms with Gasteiger partial charge in [-0.25, -0.2) is 4.79 Å². The molecule has 0 bridgehead atoms. The maximum absolute atomic E-state index is 12.5. The number of halogens is 4. The molecule has 0 saturated carbocycles. The van der Waals surface area contributed by atoms with Crippen molar-refractivity contribution in [2.45, 2.75) is 18.2 Å². The van der Waals surface area contributed by atoms with Crippen LogP contribution in [0.4, 0.5) is 13.2 Å². The van der Waals surface area contributed by atoms with Crippen molar-refractivity contribution in [2.24, 2.45) is 0 Å². The van der Waals surface area contributed by atoms with Crippen LogP contribution in [-0.4, -0.2) is 28.0 Å². The Hall–Kier alpha value is -1.27. The first-order valence-electron chi connectivity index (χ1n) is 4.44. The van der Waals surface area contributed by atoms with Crippen molar-refractivity contribution in [3.8, 4) is 0 Å². The van der Waals surface area contributed by atoms with Crippen molar-refractivity contribution >= 4 is 17.6 Å². The summed E-state index contributed by atoms with van der Waals surface area (Å²) >= 11 is 5.53. The van der Waals surface area contributed by atoms with Gasteiger partial charge in [-0.3, -0.25) is 0 Å². The quantitative estimate of drug-likeness (QED) is 0.884. The molecular weight excluding hydrogens is 261 g/mol. The van der Waals surface area contributed by atoms with E-state index in [1.807, 2.05) is 0 Å². The lowest BCUT2D eigenvalue weighted by atomic mass is 9.94. The summed E-state index contributed by atoms with van der Waals surface area (Å²) in [5.41, 5.74) is -3.77. The Bertz CT molecular complexity index is 416. The molecular formula is C10H8ClF3O3. The second kappa shape index (κ2) is 4.54. The second-order valence-electron chi connectivity index (χ2n) is 3.47. The topological polar surface area (TPSA) is 57.5 Å².